The van der Waals surface area contributed by atoms with Gasteiger partial charge in [0.1, 0.15) is 0 Å². The summed E-state index contributed by atoms with van der Waals surface area (Å²) in [4.78, 5) is 0. The van der Waals surface area contributed by atoms with Crippen molar-refractivity contribution in [2.24, 2.45) is 5.73 Å². The van der Waals surface area contributed by atoms with Crippen molar-refractivity contribution in [2.45, 2.75) is 25.3 Å². The first-order valence-corrected chi connectivity index (χ1v) is 5.26. The van der Waals surface area contributed by atoms with E-state index in [1.54, 1.807) is 0 Å². The summed E-state index contributed by atoms with van der Waals surface area (Å²) in [7, 11) is 0. The van der Waals surface area contributed by atoms with Crippen LogP contribution in [0, 0.1) is 6.92 Å². The van der Waals surface area contributed by atoms with Crippen LogP contribution in [0.5, 0.6) is 0 Å². The molecule has 1 aromatic carbocycles. The maximum atomic E-state index is 6.01. The van der Waals surface area contributed by atoms with Gasteiger partial charge in [-0.2, -0.15) is 0 Å². The normalized spacial score (nSPS) is 17.9. The van der Waals surface area contributed by atoms with Gasteiger partial charge in [0.2, 0.25) is 0 Å². The lowest BCUT2D eigenvalue weighted by Gasteiger charge is -2.14. The largest absolute Gasteiger partial charge is 0.383 e. The van der Waals surface area contributed by atoms with Crippen LogP contribution in [-0.2, 0) is 0 Å². The number of nitrogens with one attached hydrogen (secondary N) is 1. The van der Waals surface area contributed by atoms with Crippen LogP contribution in [0.2, 0.25) is 5.02 Å². The van der Waals surface area contributed by atoms with Gasteiger partial charge in [-0.3, -0.25) is 0 Å². The number of halogens is 1. The molecule has 3 heteroatoms. The van der Waals surface area contributed by atoms with Crippen molar-refractivity contribution < 1.29 is 0 Å². The van der Waals surface area contributed by atoms with E-state index in [9.17, 15) is 0 Å². The van der Waals surface area contributed by atoms with Crippen molar-refractivity contribution >= 4 is 17.3 Å². The van der Waals surface area contributed by atoms with E-state index in [2.05, 4.69) is 5.32 Å². The summed E-state index contributed by atoms with van der Waals surface area (Å²) >= 11 is 6.01. The summed E-state index contributed by atoms with van der Waals surface area (Å²) in [6.45, 7) is 2.86. The molecule has 1 aliphatic carbocycles. The molecular weight excluding hydrogens is 196 g/mol. The predicted molar refractivity (Wildman–Crippen MR) is 60.8 cm³/mol. The topological polar surface area (TPSA) is 38.0 Å². The first-order chi connectivity index (χ1) is 6.61. The van der Waals surface area contributed by atoms with Gasteiger partial charge in [-0.15, -0.1) is 0 Å². The second-order valence-electron chi connectivity index (χ2n) is 4.13. The highest BCUT2D eigenvalue weighted by atomic mass is 35.5. The Hall–Kier alpha value is -0.730. The highest BCUT2D eigenvalue weighted by molar-refractivity contribution is 6.31. The number of hydrogen-bond acceptors (Lipinski definition) is 2. The van der Waals surface area contributed by atoms with Crippen LogP contribution in [-0.4, -0.2) is 12.1 Å². The molecule has 76 valence electrons. The number of benzene rings is 1. The molecule has 1 aliphatic rings. The van der Waals surface area contributed by atoms with Crippen LogP contribution in [0.1, 0.15) is 18.4 Å². The summed E-state index contributed by atoms with van der Waals surface area (Å²) in [5.74, 6) is 0. The molecule has 1 fully saturated rings. The summed E-state index contributed by atoms with van der Waals surface area (Å²) in [6.07, 6.45) is 2.25. The predicted octanol–water partition coefficient (Wildman–Crippen LogP) is 2.55. The first-order valence-electron chi connectivity index (χ1n) is 4.89. The maximum absolute atomic E-state index is 6.01. The van der Waals surface area contributed by atoms with Crippen molar-refractivity contribution in [2.75, 3.05) is 11.9 Å². The van der Waals surface area contributed by atoms with Crippen LogP contribution in [0.15, 0.2) is 18.2 Å². The molecule has 3 N–H and O–H groups in total. The zero-order chi connectivity index (χ0) is 10.2. The van der Waals surface area contributed by atoms with Crippen LogP contribution in [0.4, 0.5) is 5.69 Å². The minimum atomic E-state index is 0.0365. The van der Waals surface area contributed by atoms with E-state index >= 15 is 0 Å². The summed E-state index contributed by atoms with van der Waals surface area (Å²) in [6, 6.07) is 5.89. The Morgan fingerprint density at radius 1 is 1.50 bits per heavy atom. The number of hydrogen-bond donors (Lipinski definition) is 2. The van der Waals surface area contributed by atoms with Gasteiger partial charge in [-0.1, -0.05) is 17.7 Å². The summed E-state index contributed by atoms with van der Waals surface area (Å²) in [5, 5.41) is 4.15. The minimum Gasteiger partial charge on any atom is -0.383 e. The molecule has 0 aliphatic heterocycles. The van der Waals surface area contributed by atoms with Gasteiger partial charge < -0.3 is 11.1 Å². The molecule has 0 heterocycles. The van der Waals surface area contributed by atoms with Gasteiger partial charge in [-0.25, -0.2) is 0 Å². The molecule has 0 unspecified atom stereocenters. The Kier molecular flexibility index (Phi) is 2.41. The molecule has 0 amide bonds. The zero-order valence-corrected chi connectivity index (χ0v) is 9.06. The second-order valence-corrected chi connectivity index (χ2v) is 4.54. The summed E-state index contributed by atoms with van der Waals surface area (Å²) < 4.78 is 0. The van der Waals surface area contributed by atoms with Gasteiger partial charge in [0.15, 0.2) is 0 Å². The Labute approximate surface area is 89.4 Å². The van der Waals surface area contributed by atoms with E-state index in [0.717, 1.165) is 35.7 Å². The lowest BCUT2D eigenvalue weighted by atomic mass is 10.2. The lowest BCUT2D eigenvalue weighted by molar-refractivity contribution is 0.713. The average Bonchev–Trinajstić information content (AvgIpc) is 2.88. The number of rotatable bonds is 3. The Bertz CT molecular complexity index is 345. The van der Waals surface area contributed by atoms with E-state index in [-0.39, 0.29) is 5.54 Å². The molecule has 0 bridgehead atoms. The fourth-order valence-corrected chi connectivity index (χ4v) is 1.58. The van der Waals surface area contributed by atoms with Crippen LogP contribution < -0.4 is 11.1 Å². The third-order valence-electron chi connectivity index (χ3n) is 2.79. The van der Waals surface area contributed by atoms with Gasteiger partial charge in [0.05, 0.1) is 0 Å². The van der Waals surface area contributed by atoms with E-state index in [1.165, 1.54) is 0 Å². The molecule has 0 saturated heterocycles. The van der Waals surface area contributed by atoms with Gasteiger partial charge in [0.25, 0.3) is 0 Å². The third-order valence-corrected chi connectivity index (χ3v) is 3.20. The molecule has 1 saturated carbocycles. The average molecular weight is 211 g/mol. The van der Waals surface area contributed by atoms with E-state index in [4.69, 9.17) is 17.3 Å². The smallest absolute Gasteiger partial charge is 0.0455 e. The Morgan fingerprint density at radius 3 is 2.86 bits per heavy atom. The summed E-state index contributed by atoms with van der Waals surface area (Å²) in [5.41, 5.74) is 8.21. The van der Waals surface area contributed by atoms with Crippen LogP contribution in [0.3, 0.4) is 0 Å². The highest BCUT2D eigenvalue weighted by Gasteiger charge is 2.37. The lowest BCUT2D eigenvalue weighted by Crippen LogP contribution is -2.31. The molecule has 2 rings (SSSR count). The van der Waals surface area contributed by atoms with Crippen molar-refractivity contribution in [1.82, 2.24) is 0 Å². The van der Waals surface area contributed by atoms with Crippen molar-refractivity contribution in [1.29, 1.82) is 0 Å². The minimum absolute atomic E-state index is 0.0365. The molecular formula is C11H15ClN2. The van der Waals surface area contributed by atoms with Gasteiger partial charge >= 0.3 is 0 Å². The quantitative estimate of drug-likeness (QED) is 0.805. The van der Waals surface area contributed by atoms with Crippen molar-refractivity contribution in [3.05, 3.63) is 28.8 Å². The van der Waals surface area contributed by atoms with E-state index in [0.29, 0.717) is 0 Å². The molecule has 0 aromatic heterocycles. The molecule has 0 spiro atoms. The molecule has 0 atom stereocenters. The molecule has 1 aromatic rings. The molecule has 2 nitrogen and oxygen atoms in total. The standard InChI is InChI=1S/C11H15ClN2/c1-8-9(12)3-2-4-10(8)14-7-11(13)5-6-11/h2-4,14H,5-7,13H2,1H3. The molecule has 0 radical (unpaired) electrons. The Balaban J connectivity index is 2.05. The highest BCUT2D eigenvalue weighted by Crippen LogP contribution is 2.33. The van der Waals surface area contributed by atoms with E-state index in [1.807, 2.05) is 25.1 Å². The first kappa shape index (κ1) is 9.81. The zero-order valence-electron chi connectivity index (χ0n) is 8.31. The van der Waals surface area contributed by atoms with Gasteiger partial charge in [-0.05, 0) is 37.5 Å². The molecule has 14 heavy (non-hydrogen) atoms. The number of nitrogens with two attached hydrogens (primary N) is 1. The second kappa shape index (κ2) is 3.44. The van der Waals surface area contributed by atoms with Crippen molar-refractivity contribution in [3.63, 3.8) is 0 Å². The van der Waals surface area contributed by atoms with Crippen molar-refractivity contribution in [3.8, 4) is 0 Å². The fourth-order valence-electron chi connectivity index (χ4n) is 1.41. The SMILES string of the molecule is Cc1c(Cl)cccc1NCC1(N)CC1. The fraction of sp³-hybridized carbons (Fsp3) is 0.455. The third kappa shape index (κ3) is 2.02. The number of anilines is 1. The van der Waals surface area contributed by atoms with Crippen LogP contribution in [0.25, 0.3) is 0 Å². The van der Waals surface area contributed by atoms with Crippen LogP contribution >= 0.6 is 11.6 Å². The van der Waals surface area contributed by atoms with E-state index < -0.39 is 0 Å². The maximum Gasteiger partial charge on any atom is 0.0455 e. The Morgan fingerprint density at radius 2 is 2.21 bits per heavy atom. The monoisotopic (exact) mass is 210 g/mol. The van der Waals surface area contributed by atoms with Gasteiger partial charge in [0, 0.05) is 22.8 Å².